The minimum Gasteiger partial charge on any atom is -0.399 e. The first-order chi connectivity index (χ1) is 10.1. The number of hydrogen-bond donors (Lipinski definition) is 3. The highest BCUT2D eigenvalue weighted by Gasteiger charge is 2.04. The topological polar surface area (TPSA) is 67.1 Å². The van der Waals surface area contributed by atoms with E-state index in [9.17, 15) is 4.79 Å². The van der Waals surface area contributed by atoms with Gasteiger partial charge in [0.1, 0.15) is 0 Å². The van der Waals surface area contributed by atoms with Crippen LogP contribution < -0.4 is 16.4 Å². The van der Waals surface area contributed by atoms with Crippen molar-refractivity contribution in [2.45, 2.75) is 0 Å². The summed E-state index contributed by atoms with van der Waals surface area (Å²) in [4.78, 5) is 11.7. The van der Waals surface area contributed by atoms with Crippen molar-refractivity contribution >= 4 is 51.0 Å². The van der Waals surface area contributed by atoms with Gasteiger partial charge >= 0.3 is 6.03 Å². The lowest BCUT2D eigenvalue weighted by atomic mass is 10.2. The molecule has 0 heterocycles. The molecule has 0 unspecified atom stereocenters. The average molecular weight is 367 g/mol. The van der Waals surface area contributed by atoms with Crippen molar-refractivity contribution in [3.63, 3.8) is 0 Å². The molecule has 0 fully saturated rings. The number of nitrogens with two attached hydrogens (primary N) is 1. The second-order valence-corrected chi connectivity index (χ2v) is 5.45. The van der Waals surface area contributed by atoms with Gasteiger partial charge in [-0.1, -0.05) is 45.7 Å². The lowest BCUT2D eigenvalue weighted by Gasteiger charge is -2.07. The van der Waals surface area contributed by atoms with E-state index >= 15 is 0 Å². The molecule has 0 atom stereocenters. The third-order valence-electron chi connectivity index (χ3n) is 2.62. The number of halogens is 2. The van der Waals surface area contributed by atoms with Crippen LogP contribution in [0.3, 0.4) is 0 Å². The van der Waals surface area contributed by atoms with Gasteiger partial charge in [-0.25, -0.2) is 4.79 Å². The third-order valence-corrected chi connectivity index (χ3v) is 3.66. The monoisotopic (exact) mass is 365 g/mol. The average Bonchev–Trinajstić information content (AvgIpc) is 2.44. The van der Waals surface area contributed by atoms with Crippen molar-refractivity contribution < 1.29 is 4.79 Å². The molecule has 2 aromatic carbocycles. The van der Waals surface area contributed by atoms with Gasteiger partial charge in [0.25, 0.3) is 0 Å². The molecule has 0 saturated heterocycles. The van der Waals surface area contributed by atoms with E-state index in [1.54, 1.807) is 30.5 Å². The molecule has 2 rings (SSSR count). The van der Waals surface area contributed by atoms with Crippen molar-refractivity contribution in [1.29, 1.82) is 0 Å². The van der Waals surface area contributed by atoms with E-state index in [0.717, 1.165) is 10.0 Å². The largest absolute Gasteiger partial charge is 0.399 e. The minimum absolute atomic E-state index is 0.384. The number of hydrogen-bond acceptors (Lipinski definition) is 2. The van der Waals surface area contributed by atoms with Gasteiger partial charge in [-0.2, -0.15) is 0 Å². The molecule has 0 aliphatic heterocycles. The molecule has 0 saturated carbocycles. The number of anilines is 2. The summed E-state index contributed by atoms with van der Waals surface area (Å²) in [7, 11) is 0. The quantitative estimate of drug-likeness (QED) is 0.701. The Morgan fingerprint density at radius 3 is 2.71 bits per heavy atom. The highest BCUT2D eigenvalue weighted by Crippen LogP contribution is 2.23. The lowest BCUT2D eigenvalue weighted by molar-refractivity contribution is 0.255. The number of nitrogens with one attached hydrogen (secondary N) is 2. The second-order valence-electron chi connectivity index (χ2n) is 4.19. The minimum atomic E-state index is -0.384. The Balaban J connectivity index is 1.95. The van der Waals surface area contributed by atoms with Crippen LogP contribution >= 0.6 is 27.5 Å². The zero-order valence-corrected chi connectivity index (χ0v) is 13.3. The molecule has 0 aliphatic carbocycles. The summed E-state index contributed by atoms with van der Waals surface area (Å²) < 4.78 is 0.949. The van der Waals surface area contributed by atoms with Gasteiger partial charge in [0, 0.05) is 16.4 Å². The fraction of sp³-hybridized carbons (Fsp3) is 0. The van der Waals surface area contributed by atoms with Crippen LogP contribution in [-0.4, -0.2) is 6.03 Å². The van der Waals surface area contributed by atoms with Crippen molar-refractivity contribution in [3.05, 3.63) is 63.7 Å². The molecule has 4 N–H and O–H groups in total. The predicted molar refractivity (Wildman–Crippen MR) is 91.2 cm³/mol. The Bertz CT molecular complexity index is 688. The Kier molecular flexibility index (Phi) is 5.25. The number of carbonyl (C=O) groups excluding carboxylic acids is 1. The number of urea groups is 1. The molecule has 0 bridgehead atoms. The maximum absolute atomic E-state index is 11.7. The second kappa shape index (κ2) is 7.15. The molecule has 21 heavy (non-hydrogen) atoms. The van der Waals surface area contributed by atoms with Gasteiger partial charge in [0.15, 0.2) is 0 Å². The van der Waals surface area contributed by atoms with E-state index in [4.69, 9.17) is 17.3 Å². The first kappa shape index (κ1) is 15.4. The smallest absolute Gasteiger partial charge is 0.323 e. The Labute approximate surface area is 136 Å². The standard InChI is InChI=1S/C15H13BrClN3O/c16-12-4-2-1-3-10(12)7-8-19-15(21)20-14-6-5-11(18)9-13(14)17/h1-9H,18H2,(H2,19,20,21)/b8-7+. The first-order valence-electron chi connectivity index (χ1n) is 6.10. The summed E-state index contributed by atoms with van der Waals surface area (Å²) in [6.45, 7) is 0. The number of amides is 2. The van der Waals surface area contributed by atoms with Crippen molar-refractivity contribution in [2.24, 2.45) is 0 Å². The number of rotatable bonds is 3. The van der Waals surface area contributed by atoms with E-state index in [1.165, 1.54) is 0 Å². The van der Waals surface area contributed by atoms with Crippen LogP contribution in [0.25, 0.3) is 6.08 Å². The van der Waals surface area contributed by atoms with Gasteiger partial charge in [-0.05, 0) is 35.9 Å². The molecule has 0 radical (unpaired) electrons. The van der Waals surface area contributed by atoms with E-state index < -0.39 is 0 Å². The highest BCUT2D eigenvalue weighted by atomic mass is 79.9. The normalized spacial score (nSPS) is 10.6. The van der Waals surface area contributed by atoms with E-state index in [-0.39, 0.29) is 6.03 Å². The molecule has 0 spiro atoms. The fourth-order valence-corrected chi connectivity index (χ4v) is 2.26. The molecular weight excluding hydrogens is 354 g/mol. The van der Waals surface area contributed by atoms with Crippen LogP contribution in [0, 0.1) is 0 Å². The van der Waals surface area contributed by atoms with Crippen molar-refractivity contribution in [3.8, 4) is 0 Å². The van der Waals surface area contributed by atoms with Crippen molar-refractivity contribution in [2.75, 3.05) is 11.1 Å². The van der Waals surface area contributed by atoms with E-state index in [1.807, 2.05) is 24.3 Å². The molecule has 0 aliphatic rings. The third kappa shape index (κ3) is 4.51. The molecule has 108 valence electrons. The van der Waals surface area contributed by atoms with E-state index in [0.29, 0.717) is 16.4 Å². The van der Waals surface area contributed by atoms with Gasteiger partial charge < -0.3 is 16.4 Å². The number of nitrogen functional groups attached to an aromatic ring is 1. The Hall–Kier alpha value is -1.98. The summed E-state index contributed by atoms with van der Waals surface area (Å²) in [5.41, 5.74) is 7.59. The Morgan fingerprint density at radius 2 is 2.00 bits per heavy atom. The molecule has 0 aromatic heterocycles. The van der Waals surface area contributed by atoms with Crippen LogP contribution in [-0.2, 0) is 0 Å². The van der Waals surface area contributed by atoms with E-state index in [2.05, 4.69) is 26.6 Å². The summed E-state index contributed by atoms with van der Waals surface area (Å²) in [5.74, 6) is 0. The van der Waals surface area contributed by atoms with Crippen LogP contribution in [0.15, 0.2) is 53.1 Å². The molecule has 2 aromatic rings. The molecule has 6 heteroatoms. The van der Waals surface area contributed by atoms with Crippen molar-refractivity contribution in [1.82, 2.24) is 5.32 Å². The molecular formula is C15H13BrClN3O. The van der Waals surface area contributed by atoms with Crippen LogP contribution in [0.4, 0.5) is 16.2 Å². The maximum atomic E-state index is 11.7. The van der Waals surface area contributed by atoms with Gasteiger partial charge in [0.2, 0.25) is 0 Å². The Morgan fingerprint density at radius 1 is 1.24 bits per heavy atom. The number of benzene rings is 2. The SMILES string of the molecule is Nc1ccc(NC(=O)N/C=C/c2ccccc2Br)c(Cl)c1. The summed E-state index contributed by atoms with van der Waals surface area (Å²) in [6, 6.07) is 12.2. The predicted octanol–water partition coefficient (Wildman–Crippen LogP) is 4.48. The molecule has 2 amide bonds. The lowest BCUT2D eigenvalue weighted by Crippen LogP contribution is -2.23. The molecule has 4 nitrogen and oxygen atoms in total. The highest BCUT2D eigenvalue weighted by molar-refractivity contribution is 9.10. The fourth-order valence-electron chi connectivity index (χ4n) is 1.61. The van der Waals surface area contributed by atoms with Crippen LogP contribution in [0.1, 0.15) is 5.56 Å². The summed E-state index contributed by atoms with van der Waals surface area (Å²) >= 11 is 9.40. The zero-order valence-electron chi connectivity index (χ0n) is 10.9. The van der Waals surface area contributed by atoms with Crippen LogP contribution in [0.5, 0.6) is 0 Å². The van der Waals surface area contributed by atoms with Crippen LogP contribution in [0.2, 0.25) is 5.02 Å². The number of carbonyl (C=O) groups is 1. The maximum Gasteiger partial charge on any atom is 0.323 e. The van der Waals surface area contributed by atoms with Gasteiger partial charge in [-0.3, -0.25) is 0 Å². The zero-order chi connectivity index (χ0) is 15.2. The first-order valence-corrected chi connectivity index (χ1v) is 7.27. The summed E-state index contributed by atoms with van der Waals surface area (Å²) in [5, 5.41) is 5.63. The summed E-state index contributed by atoms with van der Waals surface area (Å²) in [6.07, 6.45) is 3.34. The van der Waals surface area contributed by atoms with Gasteiger partial charge in [0.05, 0.1) is 10.7 Å². The van der Waals surface area contributed by atoms with Gasteiger partial charge in [-0.15, -0.1) is 0 Å².